The normalized spacial score (nSPS) is 12.6. The summed E-state index contributed by atoms with van der Waals surface area (Å²) in [7, 11) is 0. The smallest absolute Gasteiger partial charge is 0.258 e. The first-order valence-electron chi connectivity index (χ1n) is 11.0. The van der Waals surface area contributed by atoms with Crippen molar-refractivity contribution in [2.24, 2.45) is 0 Å². The number of unbranched alkanes of at least 4 members (excludes halogenated alkanes) is 1. The maximum atomic E-state index is 12.9. The minimum absolute atomic E-state index is 0.0115. The molecule has 0 aliphatic carbocycles. The van der Waals surface area contributed by atoms with Gasteiger partial charge in [-0.15, -0.1) is 11.8 Å². The van der Waals surface area contributed by atoms with E-state index in [0.29, 0.717) is 6.42 Å². The van der Waals surface area contributed by atoms with Gasteiger partial charge in [0.05, 0.1) is 5.69 Å². The van der Waals surface area contributed by atoms with E-state index in [1.165, 1.54) is 10.5 Å². The van der Waals surface area contributed by atoms with Crippen LogP contribution in [0.1, 0.15) is 48.5 Å². The van der Waals surface area contributed by atoms with E-state index in [1.54, 1.807) is 11.8 Å². The maximum Gasteiger partial charge on any atom is 0.258 e. The van der Waals surface area contributed by atoms with Crippen molar-refractivity contribution in [3.05, 3.63) is 65.7 Å². The molecule has 160 valence electrons. The Morgan fingerprint density at radius 3 is 2.61 bits per heavy atom. The number of thioether (sulfide) groups is 1. The third-order valence-electron chi connectivity index (χ3n) is 5.63. The molecule has 0 fully saturated rings. The number of carbonyl (C=O) groups excluding carboxylic acids is 2. The van der Waals surface area contributed by atoms with E-state index in [-0.39, 0.29) is 11.8 Å². The molecule has 1 heterocycles. The molecule has 0 radical (unpaired) electrons. The number of nitrogens with zero attached hydrogens (tertiary/aromatic N) is 1. The average molecular weight is 433 g/mol. The fourth-order valence-corrected chi connectivity index (χ4v) is 4.82. The Kier molecular flexibility index (Phi) is 6.62. The van der Waals surface area contributed by atoms with Gasteiger partial charge in [0.15, 0.2) is 0 Å². The van der Waals surface area contributed by atoms with Gasteiger partial charge in [0.1, 0.15) is 0 Å². The Morgan fingerprint density at radius 2 is 1.84 bits per heavy atom. The Morgan fingerprint density at radius 1 is 1.03 bits per heavy atom. The topological polar surface area (TPSA) is 49.4 Å². The first-order valence-corrected chi connectivity index (χ1v) is 11.9. The maximum absolute atomic E-state index is 12.9. The molecule has 4 nitrogen and oxygen atoms in total. The van der Waals surface area contributed by atoms with Crippen LogP contribution >= 0.6 is 11.8 Å². The van der Waals surface area contributed by atoms with Gasteiger partial charge in [-0.05, 0) is 55.9 Å². The number of nitrogens with one attached hydrogen (secondary N) is 1. The highest BCUT2D eigenvalue weighted by Crippen LogP contribution is 2.40. The summed E-state index contributed by atoms with van der Waals surface area (Å²) in [6.45, 7) is 4.93. The summed E-state index contributed by atoms with van der Waals surface area (Å²) in [5.41, 5.74) is 3.72. The highest BCUT2D eigenvalue weighted by atomic mass is 32.2. The fourth-order valence-electron chi connectivity index (χ4n) is 3.96. The highest BCUT2D eigenvalue weighted by molar-refractivity contribution is 7.99. The predicted molar refractivity (Wildman–Crippen MR) is 130 cm³/mol. The van der Waals surface area contributed by atoms with Crippen molar-refractivity contribution in [1.29, 1.82) is 0 Å². The molecule has 4 rings (SSSR count). The minimum Gasteiger partial charge on any atom is -0.326 e. The molecule has 5 heteroatoms. The van der Waals surface area contributed by atoms with Gasteiger partial charge in [0.25, 0.3) is 5.91 Å². The van der Waals surface area contributed by atoms with Crippen molar-refractivity contribution in [1.82, 2.24) is 0 Å². The van der Waals surface area contributed by atoms with E-state index < -0.39 is 0 Å². The summed E-state index contributed by atoms with van der Waals surface area (Å²) >= 11 is 1.78. The van der Waals surface area contributed by atoms with Crippen LogP contribution in [0.2, 0.25) is 0 Å². The lowest BCUT2D eigenvalue weighted by Crippen LogP contribution is -2.27. The van der Waals surface area contributed by atoms with Crippen molar-refractivity contribution in [3.63, 3.8) is 0 Å². The van der Waals surface area contributed by atoms with Crippen LogP contribution in [0, 0.1) is 6.92 Å². The van der Waals surface area contributed by atoms with Gasteiger partial charge >= 0.3 is 0 Å². The van der Waals surface area contributed by atoms with Crippen LogP contribution < -0.4 is 10.2 Å². The Hall–Kier alpha value is -2.79. The van der Waals surface area contributed by atoms with Crippen LogP contribution in [0.4, 0.5) is 11.4 Å². The van der Waals surface area contributed by atoms with Gasteiger partial charge in [-0.1, -0.05) is 43.2 Å². The van der Waals surface area contributed by atoms with Crippen molar-refractivity contribution in [2.45, 2.75) is 44.4 Å². The number of rotatable bonds is 9. The first-order chi connectivity index (χ1) is 15.1. The van der Waals surface area contributed by atoms with Crippen molar-refractivity contribution < 1.29 is 9.59 Å². The van der Waals surface area contributed by atoms with Crippen molar-refractivity contribution in [3.8, 4) is 0 Å². The third kappa shape index (κ3) is 4.62. The molecule has 0 atom stereocenters. The molecule has 31 heavy (non-hydrogen) atoms. The number of hydrogen-bond donors (Lipinski definition) is 1. The lowest BCUT2D eigenvalue weighted by molar-refractivity contribution is -0.116. The lowest BCUT2D eigenvalue weighted by Gasteiger charge is -2.17. The standard InChI is InChI=1S/C26H28N2O2S/c1-3-4-16-28-23-15-14-22(20-7-5-8-21(25(20)23)26(28)30)27-24(29)9-6-17-31-19-12-10-18(2)11-13-19/h5,7-8,10-15H,3-4,6,9,16-17H2,1-2H3,(H,27,29). The SMILES string of the molecule is CCCCN1C(=O)c2cccc3c(NC(=O)CCCSc4ccc(C)cc4)ccc1c23. The molecule has 2 amide bonds. The fraction of sp³-hybridized carbons (Fsp3) is 0.308. The van der Waals surface area contributed by atoms with E-state index in [4.69, 9.17) is 0 Å². The van der Waals surface area contributed by atoms with Crippen LogP contribution in [0.3, 0.4) is 0 Å². The molecule has 0 saturated heterocycles. The van der Waals surface area contributed by atoms with E-state index in [2.05, 4.69) is 43.4 Å². The van der Waals surface area contributed by atoms with Gasteiger partial charge < -0.3 is 10.2 Å². The van der Waals surface area contributed by atoms with Crippen LogP contribution in [0.5, 0.6) is 0 Å². The Balaban J connectivity index is 1.41. The Bertz CT molecular complexity index is 1110. The molecule has 0 spiro atoms. The molecular formula is C26H28N2O2S. The number of amides is 2. The zero-order valence-electron chi connectivity index (χ0n) is 18.1. The first kappa shape index (κ1) is 21.4. The van der Waals surface area contributed by atoms with Gasteiger partial charge in [0, 0.05) is 39.9 Å². The summed E-state index contributed by atoms with van der Waals surface area (Å²) in [5.74, 6) is 0.976. The molecular weight excluding hydrogens is 404 g/mol. The largest absolute Gasteiger partial charge is 0.326 e. The number of hydrogen-bond acceptors (Lipinski definition) is 3. The van der Waals surface area contributed by atoms with E-state index >= 15 is 0 Å². The summed E-state index contributed by atoms with van der Waals surface area (Å²) in [6, 6.07) is 18.1. The van der Waals surface area contributed by atoms with Gasteiger partial charge in [-0.3, -0.25) is 9.59 Å². The summed E-state index contributed by atoms with van der Waals surface area (Å²) in [5, 5.41) is 4.96. The quantitative estimate of drug-likeness (QED) is 0.313. The monoisotopic (exact) mass is 432 g/mol. The summed E-state index contributed by atoms with van der Waals surface area (Å²) < 4.78 is 0. The average Bonchev–Trinajstić information content (AvgIpc) is 3.05. The van der Waals surface area contributed by atoms with E-state index in [1.807, 2.05) is 35.2 Å². The molecule has 3 aromatic carbocycles. The molecule has 0 unspecified atom stereocenters. The molecule has 0 saturated carbocycles. The summed E-state index contributed by atoms with van der Waals surface area (Å²) in [4.78, 5) is 28.5. The van der Waals surface area contributed by atoms with Crippen molar-refractivity contribution in [2.75, 3.05) is 22.5 Å². The minimum atomic E-state index is 0.0115. The summed E-state index contributed by atoms with van der Waals surface area (Å²) in [6.07, 6.45) is 3.30. The van der Waals surface area contributed by atoms with Gasteiger partial charge in [-0.25, -0.2) is 0 Å². The number of aryl methyl sites for hydroxylation is 1. The molecule has 1 N–H and O–H groups in total. The predicted octanol–water partition coefficient (Wildman–Crippen LogP) is 6.42. The second kappa shape index (κ2) is 9.56. The lowest BCUT2D eigenvalue weighted by atomic mass is 10.0. The molecule has 1 aliphatic rings. The van der Waals surface area contributed by atoms with Crippen LogP contribution in [-0.2, 0) is 4.79 Å². The van der Waals surface area contributed by atoms with E-state index in [9.17, 15) is 9.59 Å². The molecule has 0 aromatic heterocycles. The number of carbonyl (C=O) groups is 2. The second-order valence-corrected chi connectivity index (χ2v) is 9.15. The van der Waals surface area contributed by atoms with Crippen molar-refractivity contribution >= 4 is 45.7 Å². The number of anilines is 2. The zero-order valence-corrected chi connectivity index (χ0v) is 18.9. The van der Waals surface area contributed by atoms with Crippen LogP contribution in [-0.4, -0.2) is 24.1 Å². The molecule has 1 aliphatic heterocycles. The number of benzene rings is 3. The van der Waals surface area contributed by atoms with Crippen LogP contribution in [0.15, 0.2) is 59.5 Å². The van der Waals surface area contributed by atoms with E-state index in [0.717, 1.165) is 59.3 Å². The zero-order chi connectivity index (χ0) is 21.8. The Labute approximate surface area is 188 Å². The highest BCUT2D eigenvalue weighted by Gasteiger charge is 2.30. The van der Waals surface area contributed by atoms with Gasteiger partial charge in [0.2, 0.25) is 5.91 Å². The van der Waals surface area contributed by atoms with Gasteiger partial charge in [-0.2, -0.15) is 0 Å². The third-order valence-corrected chi connectivity index (χ3v) is 6.73. The molecule has 0 bridgehead atoms. The molecule has 3 aromatic rings. The van der Waals surface area contributed by atoms with Crippen LogP contribution in [0.25, 0.3) is 10.8 Å². The second-order valence-electron chi connectivity index (χ2n) is 7.98.